The largest absolute Gasteiger partial charge is 0.494 e. The Morgan fingerprint density at radius 1 is 1.17 bits per heavy atom. The molecule has 0 aromatic heterocycles. The number of carbonyl (C=O) groups is 2. The first-order valence-corrected chi connectivity index (χ1v) is 7.59. The number of nitrogens with one attached hydrogen (secondary N) is 2. The summed E-state index contributed by atoms with van der Waals surface area (Å²) in [6.07, 6.45) is 1.40. The van der Waals surface area contributed by atoms with Gasteiger partial charge in [0.2, 0.25) is 0 Å². The van der Waals surface area contributed by atoms with Crippen molar-refractivity contribution in [3.8, 4) is 5.75 Å². The van der Waals surface area contributed by atoms with E-state index in [1.54, 1.807) is 48.5 Å². The second kappa shape index (κ2) is 8.69. The molecule has 2 rings (SSSR count). The Balaban J connectivity index is 1.86. The summed E-state index contributed by atoms with van der Waals surface area (Å²) in [5, 5.41) is 6.74. The van der Waals surface area contributed by atoms with Crippen molar-refractivity contribution in [2.24, 2.45) is 5.10 Å². The van der Waals surface area contributed by atoms with Crippen LogP contribution in [0.2, 0.25) is 5.02 Å². The summed E-state index contributed by atoms with van der Waals surface area (Å²) in [4.78, 5) is 23.5. The monoisotopic (exact) mass is 345 g/mol. The van der Waals surface area contributed by atoms with Gasteiger partial charge in [-0.2, -0.15) is 5.10 Å². The lowest BCUT2D eigenvalue weighted by molar-refractivity contribution is -0.136. The molecule has 0 saturated carbocycles. The van der Waals surface area contributed by atoms with Crippen LogP contribution in [0.5, 0.6) is 5.75 Å². The minimum absolute atomic E-state index is 0.484. The number of rotatable bonds is 5. The number of hydrogen-bond acceptors (Lipinski definition) is 4. The third kappa shape index (κ3) is 5.40. The van der Waals surface area contributed by atoms with E-state index in [-0.39, 0.29) is 0 Å². The maximum absolute atomic E-state index is 11.8. The van der Waals surface area contributed by atoms with Crippen LogP contribution in [0.4, 0.5) is 5.69 Å². The second-order valence-electron chi connectivity index (χ2n) is 4.67. The second-order valence-corrected chi connectivity index (χ2v) is 5.10. The number of carbonyl (C=O) groups excluding carboxylic acids is 2. The van der Waals surface area contributed by atoms with Crippen LogP contribution in [0, 0.1) is 0 Å². The first-order valence-electron chi connectivity index (χ1n) is 7.21. The Kier molecular flexibility index (Phi) is 6.33. The Morgan fingerprint density at radius 3 is 2.58 bits per heavy atom. The average Bonchev–Trinajstić information content (AvgIpc) is 2.57. The van der Waals surface area contributed by atoms with E-state index in [1.807, 2.05) is 6.92 Å². The topological polar surface area (TPSA) is 79.8 Å². The molecular formula is C17H16ClN3O3. The summed E-state index contributed by atoms with van der Waals surface area (Å²) < 4.78 is 5.30. The predicted octanol–water partition coefficient (Wildman–Crippen LogP) is 2.83. The number of amides is 2. The molecular weight excluding hydrogens is 330 g/mol. The van der Waals surface area contributed by atoms with Crippen LogP contribution in [0.15, 0.2) is 53.6 Å². The smallest absolute Gasteiger partial charge is 0.329 e. The summed E-state index contributed by atoms with van der Waals surface area (Å²) in [6.45, 7) is 2.43. The summed E-state index contributed by atoms with van der Waals surface area (Å²) in [5.74, 6) is -1.00. The van der Waals surface area contributed by atoms with E-state index < -0.39 is 11.8 Å². The van der Waals surface area contributed by atoms with Gasteiger partial charge in [0.15, 0.2) is 0 Å². The van der Waals surface area contributed by atoms with E-state index in [0.717, 1.165) is 0 Å². The normalized spacial score (nSPS) is 10.4. The SMILES string of the molecule is CCOc1ccc(NC(=O)C(=O)N/N=C/c2cccc(Cl)c2)cc1. The fourth-order valence-electron chi connectivity index (χ4n) is 1.79. The van der Waals surface area contributed by atoms with Crippen LogP contribution in [0.25, 0.3) is 0 Å². The zero-order chi connectivity index (χ0) is 17.4. The third-order valence-corrected chi connectivity index (χ3v) is 3.09. The molecule has 0 radical (unpaired) electrons. The Morgan fingerprint density at radius 2 is 1.92 bits per heavy atom. The van der Waals surface area contributed by atoms with Crippen LogP contribution < -0.4 is 15.5 Å². The molecule has 124 valence electrons. The van der Waals surface area contributed by atoms with Crippen LogP contribution in [-0.2, 0) is 9.59 Å². The number of hydrogen-bond donors (Lipinski definition) is 2. The maximum Gasteiger partial charge on any atom is 0.329 e. The van der Waals surface area contributed by atoms with Crippen molar-refractivity contribution in [1.29, 1.82) is 0 Å². The molecule has 0 heterocycles. The minimum Gasteiger partial charge on any atom is -0.494 e. The third-order valence-electron chi connectivity index (χ3n) is 2.86. The standard InChI is InChI=1S/C17H16ClN3O3/c1-2-24-15-8-6-14(7-9-15)20-16(22)17(23)21-19-11-12-4-3-5-13(18)10-12/h3-11H,2H2,1H3,(H,20,22)(H,21,23)/b19-11+. The maximum atomic E-state index is 11.8. The van der Waals surface area contributed by atoms with Crippen molar-refractivity contribution in [2.75, 3.05) is 11.9 Å². The van der Waals surface area contributed by atoms with Gasteiger partial charge < -0.3 is 10.1 Å². The molecule has 0 atom stereocenters. The molecule has 2 N–H and O–H groups in total. The fraction of sp³-hybridized carbons (Fsp3) is 0.118. The molecule has 0 aliphatic rings. The molecule has 0 spiro atoms. The first kappa shape index (κ1) is 17.5. The van der Waals surface area contributed by atoms with Crippen molar-refractivity contribution in [2.45, 2.75) is 6.92 Å². The number of nitrogens with zero attached hydrogens (tertiary/aromatic N) is 1. The highest BCUT2D eigenvalue weighted by Crippen LogP contribution is 2.15. The summed E-state index contributed by atoms with van der Waals surface area (Å²) in [7, 11) is 0. The van der Waals surface area contributed by atoms with Gasteiger partial charge in [-0.1, -0.05) is 23.7 Å². The van der Waals surface area contributed by atoms with Gasteiger partial charge in [0.05, 0.1) is 12.8 Å². The van der Waals surface area contributed by atoms with Gasteiger partial charge in [0.25, 0.3) is 0 Å². The summed E-state index contributed by atoms with van der Waals surface area (Å²) in [6, 6.07) is 13.6. The van der Waals surface area contributed by atoms with Gasteiger partial charge in [-0.05, 0) is 48.9 Å². The highest BCUT2D eigenvalue weighted by molar-refractivity contribution is 6.39. The molecule has 2 aromatic carbocycles. The van der Waals surface area contributed by atoms with Gasteiger partial charge in [-0.25, -0.2) is 5.43 Å². The molecule has 24 heavy (non-hydrogen) atoms. The van der Waals surface area contributed by atoms with Gasteiger partial charge >= 0.3 is 11.8 Å². The van der Waals surface area contributed by atoms with E-state index in [2.05, 4.69) is 15.8 Å². The van der Waals surface area contributed by atoms with Crippen LogP contribution in [0.1, 0.15) is 12.5 Å². The molecule has 0 fully saturated rings. The van der Waals surface area contributed by atoms with E-state index >= 15 is 0 Å². The van der Waals surface area contributed by atoms with E-state index in [9.17, 15) is 9.59 Å². The number of hydrazone groups is 1. The number of halogens is 1. The van der Waals surface area contributed by atoms with E-state index in [1.165, 1.54) is 6.21 Å². The van der Waals surface area contributed by atoms with E-state index in [0.29, 0.717) is 28.6 Å². The number of benzene rings is 2. The highest BCUT2D eigenvalue weighted by atomic mass is 35.5. The molecule has 2 aromatic rings. The summed E-state index contributed by atoms with van der Waals surface area (Å²) >= 11 is 5.84. The van der Waals surface area contributed by atoms with Crippen molar-refractivity contribution < 1.29 is 14.3 Å². The quantitative estimate of drug-likeness (QED) is 0.497. The van der Waals surface area contributed by atoms with Crippen molar-refractivity contribution >= 4 is 35.3 Å². The molecule has 6 nitrogen and oxygen atoms in total. The molecule has 7 heteroatoms. The first-order chi connectivity index (χ1) is 11.6. The predicted molar refractivity (Wildman–Crippen MR) is 93.4 cm³/mol. The molecule has 0 aliphatic heterocycles. The molecule has 0 unspecified atom stereocenters. The fourth-order valence-corrected chi connectivity index (χ4v) is 1.99. The minimum atomic E-state index is -0.873. The summed E-state index contributed by atoms with van der Waals surface area (Å²) in [5.41, 5.74) is 3.34. The van der Waals surface area contributed by atoms with Crippen molar-refractivity contribution in [3.05, 3.63) is 59.1 Å². The number of anilines is 1. The van der Waals surface area contributed by atoms with Crippen LogP contribution >= 0.6 is 11.6 Å². The van der Waals surface area contributed by atoms with E-state index in [4.69, 9.17) is 16.3 Å². The Bertz CT molecular complexity index is 745. The Hall–Kier alpha value is -2.86. The lowest BCUT2D eigenvalue weighted by atomic mass is 10.2. The zero-order valence-corrected chi connectivity index (χ0v) is 13.7. The van der Waals surface area contributed by atoms with Gasteiger partial charge in [-0.15, -0.1) is 0 Å². The van der Waals surface area contributed by atoms with Crippen LogP contribution in [0.3, 0.4) is 0 Å². The lowest BCUT2D eigenvalue weighted by Gasteiger charge is -2.06. The van der Waals surface area contributed by atoms with Gasteiger partial charge in [-0.3, -0.25) is 9.59 Å². The van der Waals surface area contributed by atoms with Crippen LogP contribution in [-0.4, -0.2) is 24.6 Å². The lowest BCUT2D eigenvalue weighted by Crippen LogP contribution is -2.32. The zero-order valence-electron chi connectivity index (χ0n) is 13.0. The average molecular weight is 346 g/mol. The molecule has 0 aliphatic carbocycles. The number of ether oxygens (including phenoxy) is 1. The van der Waals surface area contributed by atoms with Crippen molar-refractivity contribution in [1.82, 2.24) is 5.43 Å². The van der Waals surface area contributed by atoms with Crippen molar-refractivity contribution in [3.63, 3.8) is 0 Å². The molecule has 2 amide bonds. The molecule has 0 bridgehead atoms. The molecule has 0 saturated heterocycles. The Labute approximate surface area is 144 Å². The van der Waals surface area contributed by atoms with Gasteiger partial charge in [0.1, 0.15) is 5.75 Å². The highest BCUT2D eigenvalue weighted by Gasteiger charge is 2.12. The van der Waals surface area contributed by atoms with Gasteiger partial charge in [0, 0.05) is 10.7 Å².